The topological polar surface area (TPSA) is 60.4 Å². The van der Waals surface area contributed by atoms with Gasteiger partial charge in [0.05, 0.1) is 24.0 Å². The van der Waals surface area contributed by atoms with Gasteiger partial charge < -0.3 is 21.7 Å². The van der Waals surface area contributed by atoms with Gasteiger partial charge in [-0.25, -0.2) is 4.79 Å². The number of carbonyl (C=O) groups excluding carboxylic acids is 1. The molecule has 1 fully saturated rings. The van der Waals surface area contributed by atoms with E-state index in [0.29, 0.717) is 5.57 Å². The Morgan fingerprint density at radius 1 is 1.27 bits per heavy atom. The van der Waals surface area contributed by atoms with Crippen LogP contribution in [0.2, 0.25) is 0 Å². The van der Waals surface area contributed by atoms with E-state index < -0.39 is 0 Å². The van der Waals surface area contributed by atoms with Crippen molar-refractivity contribution in [1.29, 1.82) is 0 Å². The molecule has 0 bridgehead atoms. The quantitative estimate of drug-likeness (QED) is 0.168. The summed E-state index contributed by atoms with van der Waals surface area (Å²) in [6, 6.07) is 7.56. The van der Waals surface area contributed by atoms with Crippen LogP contribution in [-0.4, -0.2) is 30.0 Å². The number of nitrogens with zero attached hydrogens (tertiary/aromatic N) is 1. The van der Waals surface area contributed by atoms with Crippen LogP contribution in [0.4, 0.5) is 0 Å². The monoisotopic (exact) mass is 435 g/mol. The maximum Gasteiger partial charge on any atom is 0.338 e. The van der Waals surface area contributed by atoms with Crippen LogP contribution in [0.1, 0.15) is 45.7 Å². The first-order valence-corrected chi connectivity index (χ1v) is 7.97. The fourth-order valence-corrected chi connectivity index (χ4v) is 2.68. The minimum Gasteiger partial charge on any atom is -0.465 e. The summed E-state index contributed by atoms with van der Waals surface area (Å²) >= 11 is 0. The summed E-state index contributed by atoms with van der Waals surface area (Å²) in [6.45, 7) is 10.0. The summed E-state index contributed by atoms with van der Waals surface area (Å²) in [5, 5.41) is 4.20. The second-order valence-electron chi connectivity index (χ2n) is 6.45. The Hall–Kier alpha value is -1.04. The number of carbonyl (C=O) groups is 1. The zero-order chi connectivity index (χ0) is 18.0. The van der Waals surface area contributed by atoms with Crippen LogP contribution in [-0.2, 0) is 58.4 Å². The molecule has 1 heterocycles. The number of hydrogen-bond donors (Lipinski definition) is 0. The second kappa shape index (κ2) is 9.77. The number of allylic oxidation sites excluding steroid dienone is 1. The van der Waals surface area contributed by atoms with Crippen molar-refractivity contribution >= 4 is 17.3 Å². The Balaban J connectivity index is 0.00000312. The standard InChI is InChI=1S/C19H25NO4.CH3.Y/c1-7-15(17(21)22-6)16-11-9-8-10-14(16)12-23-20-13(2)19(5)18(3,4)24-19;;/h7-11H,12H2,1-6H3;1H3;/q;-1;/b15-7+,20-13+;;. The van der Waals surface area contributed by atoms with E-state index in [9.17, 15) is 4.79 Å². The molecule has 1 aliphatic rings. The van der Waals surface area contributed by atoms with Crippen LogP contribution >= 0.6 is 0 Å². The summed E-state index contributed by atoms with van der Waals surface area (Å²) in [6.07, 6.45) is 1.74. The number of methoxy groups -OCH3 is 1. The summed E-state index contributed by atoms with van der Waals surface area (Å²) in [4.78, 5) is 17.4. The SMILES string of the molecule is C/C=C(/C(=O)OC)c1ccccc1CO/N=C(\C)C1(C)OC1(C)C.[CH3-].[Y]. The van der Waals surface area contributed by atoms with Crippen LogP contribution < -0.4 is 0 Å². The molecule has 0 saturated carbocycles. The van der Waals surface area contributed by atoms with Crippen LogP contribution in [0.5, 0.6) is 0 Å². The van der Waals surface area contributed by atoms with Gasteiger partial charge in [-0.2, -0.15) is 0 Å². The minimum absolute atomic E-state index is 0. The van der Waals surface area contributed by atoms with Crippen molar-refractivity contribution in [3.8, 4) is 0 Å². The average Bonchev–Trinajstić information content (AvgIpc) is 3.08. The Bertz CT molecular complexity index is 697. The summed E-state index contributed by atoms with van der Waals surface area (Å²) in [5.41, 5.74) is 2.36. The molecule has 1 aliphatic heterocycles. The third-order valence-corrected chi connectivity index (χ3v) is 4.68. The van der Waals surface area contributed by atoms with E-state index in [2.05, 4.69) is 5.16 Å². The van der Waals surface area contributed by atoms with Gasteiger partial charge in [-0.05, 0) is 40.2 Å². The largest absolute Gasteiger partial charge is 0.465 e. The molecule has 0 aromatic heterocycles. The Morgan fingerprint density at radius 3 is 2.35 bits per heavy atom. The van der Waals surface area contributed by atoms with Crippen molar-refractivity contribution in [1.82, 2.24) is 0 Å². The maximum absolute atomic E-state index is 11.9. The van der Waals surface area contributed by atoms with Gasteiger partial charge in [0, 0.05) is 38.3 Å². The number of esters is 1. The molecule has 1 aromatic rings. The average molecular weight is 435 g/mol. The first kappa shape index (κ1) is 25.0. The molecule has 1 aromatic carbocycles. The molecule has 0 aliphatic carbocycles. The smallest absolute Gasteiger partial charge is 0.338 e. The van der Waals surface area contributed by atoms with Gasteiger partial charge in [0.1, 0.15) is 12.2 Å². The second-order valence-corrected chi connectivity index (χ2v) is 6.45. The number of hydrogen-bond acceptors (Lipinski definition) is 5. The third-order valence-electron chi connectivity index (χ3n) is 4.68. The van der Waals surface area contributed by atoms with Gasteiger partial charge in [0.25, 0.3) is 0 Å². The molecule has 0 spiro atoms. The molecule has 1 unspecified atom stereocenters. The van der Waals surface area contributed by atoms with Gasteiger partial charge in [-0.15, -0.1) is 0 Å². The van der Waals surface area contributed by atoms with E-state index in [4.69, 9.17) is 14.3 Å². The van der Waals surface area contributed by atoms with Crippen molar-refractivity contribution in [2.75, 3.05) is 7.11 Å². The summed E-state index contributed by atoms with van der Waals surface area (Å²) < 4.78 is 10.5. The van der Waals surface area contributed by atoms with Crippen molar-refractivity contribution in [2.24, 2.45) is 5.16 Å². The van der Waals surface area contributed by atoms with E-state index in [1.165, 1.54) is 7.11 Å². The molecule has 5 nitrogen and oxygen atoms in total. The molecule has 2 rings (SSSR count). The fourth-order valence-electron chi connectivity index (χ4n) is 2.68. The molecule has 1 saturated heterocycles. The van der Waals surface area contributed by atoms with Crippen molar-refractivity contribution < 1.29 is 51.8 Å². The number of epoxide rings is 1. The number of rotatable bonds is 6. The Labute approximate surface area is 182 Å². The normalized spacial score (nSPS) is 21.2. The van der Waals surface area contributed by atoms with Gasteiger partial charge >= 0.3 is 5.97 Å². The van der Waals surface area contributed by atoms with Gasteiger partial charge in [0.15, 0.2) is 0 Å². The molecule has 141 valence electrons. The zero-order valence-corrected chi connectivity index (χ0v) is 19.6. The van der Waals surface area contributed by atoms with Crippen LogP contribution in [0.15, 0.2) is 35.5 Å². The van der Waals surface area contributed by atoms with Gasteiger partial charge in [-0.3, -0.25) is 0 Å². The Morgan fingerprint density at radius 2 is 1.85 bits per heavy atom. The first-order valence-electron chi connectivity index (χ1n) is 7.97. The van der Waals surface area contributed by atoms with Crippen LogP contribution in [0.25, 0.3) is 5.57 Å². The Kier molecular flexibility index (Phi) is 9.38. The summed E-state index contributed by atoms with van der Waals surface area (Å²) in [5.74, 6) is -0.370. The first-order chi connectivity index (χ1) is 11.3. The summed E-state index contributed by atoms with van der Waals surface area (Å²) in [7, 11) is 1.37. The number of oxime groups is 1. The predicted octanol–water partition coefficient (Wildman–Crippen LogP) is 4.17. The van der Waals surface area contributed by atoms with E-state index >= 15 is 0 Å². The van der Waals surface area contributed by atoms with E-state index in [1.807, 2.05) is 52.0 Å². The van der Waals surface area contributed by atoms with Gasteiger partial charge in [-0.1, -0.05) is 35.5 Å². The third kappa shape index (κ3) is 5.02. The number of ether oxygens (including phenoxy) is 2. The maximum atomic E-state index is 11.9. The fraction of sp³-hybridized carbons (Fsp3) is 0.450. The van der Waals surface area contributed by atoms with E-state index in [1.54, 1.807) is 13.0 Å². The van der Waals surface area contributed by atoms with Crippen molar-refractivity contribution in [3.63, 3.8) is 0 Å². The minimum atomic E-state index is -0.382. The van der Waals surface area contributed by atoms with Crippen molar-refractivity contribution in [3.05, 3.63) is 48.9 Å². The molecule has 0 amide bonds. The van der Waals surface area contributed by atoms with Gasteiger partial charge in [0.2, 0.25) is 0 Å². The zero-order valence-electron chi connectivity index (χ0n) is 16.8. The molecule has 0 N–H and O–H groups in total. The molecule has 6 heteroatoms. The van der Waals surface area contributed by atoms with E-state index in [0.717, 1.165) is 16.8 Å². The number of benzene rings is 1. The van der Waals surface area contributed by atoms with Crippen LogP contribution in [0, 0.1) is 7.43 Å². The molecular formula is C20H28NO4Y-. The van der Waals surface area contributed by atoms with Crippen LogP contribution in [0.3, 0.4) is 0 Å². The van der Waals surface area contributed by atoms with E-state index in [-0.39, 0.29) is 63.9 Å². The van der Waals surface area contributed by atoms with Crippen molar-refractivity contribution in [2.45, 2.75) is 52.4 Å². The molecular weight excluding hydrogens is 407 g/mol. The molecule has 1 atom stereocenters. The molecule has 26 heavy (non-hydrogen) atoms. The molecule has 1 radical (unpaired) electrons. The predicted molar refractivity (Wildman–Crippen MR) is 100.0 cm³/mol.